The van der Waals surface area contributed by atoms with E-state index >= 15 is 0 Å². The van der Waals surface area contributed by atoms with Crippen LogP contribution < -0.4 is 10.8 Å². The summed E-state index contributed by atoms with van der Waals surface area (Å²) in [6.07, 6.45) is 4.89. The van der Waals surface area contributed by atoms with Gasteiger partial charge in [-0.25, -0.2) is 10.5 Å². The lowest BCUT2D eigenvalue weighted by atomic mass is 10.1. The standard InChI is InChI=1S/C20H26N6O2/c1-4-26(5-2)11-10-21-20-19-16(13-25(3)23-19)15-12-14(6-8-17(15)22-20)7-9-18(27)24-28/h6-9,12-13,28H,4-5,10-11H2,1-3H3,(H,21,22)(H,24,27)/b9-7+. The predicted molar refractivity (Wildman–Crippen MR) is 111 cm³/mol. The predicted octanol–water partition coefficient (Wildman–Crippen LogP) is 2.39. The zero-order chi connectivity index (χ0) is 20.1. The van der Waals surface area contributed by atoms with E-state index in [1.54, 1.807) is 16.2 Å². The maximum absolute atomic E-state index is 11.2. The highest BCUT2D eigenvalue weighted by Gasteiger charge is 2.12. The van der Waals surface area contributed by atoms with Gasteiger partial charge in [-0.1, -0.05) is 19.9 Å². The summed E-state index contributed by atoms with van der Waals surface area (Å²) in [5.74, 6) is 0.204. The molecule has 0 saturated heterocycles. The summed E-state index contributed by atoms with van der Waals surface area (Å²) in [5, 5.41) is 18.6. The molecular weight excluding hydrogens is 356 g/mol. The third-order valence-corrected chi connectivity index (χ3v) is 4.75. The number of amides is 1. The fourth-order valence-corrected chi connectivity index (χ4v) is 3.21. The topological polar surface area (TPSA) is 95.3 Å². The second-order valence-electron chi connectivity index (χ2n) is 6.57. The Hall–Kier alpha value is -2.97. The number of carbonyl (C=O) groups excluding carboxylic acids is 1. The molecule has 0 radical (unpaired) electrons. The Kier molecular flexibility index (Phi) is 6.23. The molecule has 0 aliphatic heterocycles. The van der Waals surface area contributed by atoms with E-state index in [1.165, 1.54) is 6.08 Å². The second kappa shape index (κ2) is 8.81. The summed E-state index contributed by atoms with van der Waals surface area (Å²) in [6, 6.07) is 5.78. The van der Waals surface area contributed by atoms with Crippen LogP contribution in [0.25, 0.3) is 27.9 Å². The summed E-state index contributed by atoms with van der Waals surface area (Å²) in [7, 11) is 1.89. The third kappa shape index (κ3) is 4.29. The van der Waals surface area contributed by atoms with E-state index < -0.39 is 5.91 Å². The Morgan fingerprint density at radius 2 is 2.07 bits per heavy atom. The van der Waals surface area contributed by atoms with Gasteiger partial charge in [0, 0.05) is 43.2 Å². The molecule has 0 saturated carbocycles. The number of anilines is 1. The molecule has 0 spiro atoms. The number of benzene rings is 1. The summed E-state index contributed by atoms with van der Waals surface area (Å²) < 4.78 is 1.78. The van der Waals surface area contributed by atoms with Gasteiger partial charge in [0.15, 0.2) is 5.82 Å². The number of pyridine rings is 1. The Morgan fingerprint density at radius 3 is 2.79 bits per heavy atom. The highest BCUT2D eigenvalue weighted by Crippen LogP contribution is 2.29. The number of fused-ring (bicyclic) bond motifs is 3. The number of aromatic nitrogens is 3. The summed E-state index contributed by atoms with van der Waals surface area (Å²) >= 11 is 0. The summed E-state index contributed by atoms with van der Waals surface area (Å²) in [5.41, 5.74) is 4.10. The first kappa shape index (κ1) is 19.8. The first-order valence-corrected chi connectivity index (χ1v) is 9.41. The normalized spacial score (nSPS) is 11.8. The lowest BCUT2D eigenvalue weighted by molar-refractivity contribution is -0.124. The fourth-order valence-electron chi connectivity index (χ4n) is 3.21. The first-order valence-electron chi connectivity index (χ1n) is 9.41. The fraction of sp³-hybridized carbons (Fsp3) is 0.350. The van der Waals surface area contributed by atoms with Crippen LogP contribution in [0.3, 0.4) is 0 Å². The van der Waals surface area contributed by atoms with Gasteiger partial charge in [-0.15, -0.1) is 0 Å². The summed E-state index contributed by atoms with van der Waals surface area (Å²) in [4.78, 5) is 18.3. The molecule has 8 heteroatoms. The smallest absolute Gasteiger partial charge is 0.267 e. The largest absolute Gasteiger partial charge is 0.367 e. The van der Waals surface area contributed by atoms with E-state index in [4.69, 9.17) is 10.2 Å². The number of likely N-dealkylation sites (N-methyl/N-ethyl adjacent to an activating group) is 1. The maximum Gasteiger partial charge on any atom is 0.267 e. The number of aryl methyl sites for hydroxylation is 1. The molecule has 0 bridgehead atoms. The minimum atomic E-state index is -0.572. The van der Waals surface area contributed by atoms with Crippen molar-refractivity contribution in [3.63, 3.8) is 0 Å². The minimum absolute atomic E-state index is 0.572. The maximum atomic E-state index is 11.2. The lowest BCUT2D eigenvalue weighted by Gasteiger charge is -2.18. The van der Waals surface area contributed by atoms with E-state index in [-0.39, 0.29) is 0 Å². The Morgan fingerprint density at radius 1 is 1.29 bits per heavy atom. The van der Waals surface area contributed by atoms with Crippen molar-refractivity contribution in [2.45, 2.75) is 13.8 Å². The van der Waals surface area contributed by atoms with Crippen LogP contribution in [0.5, 0.6) is 0 Å². The van der Waals surface area contributed by atoms with Crippen molar-refractivity contribution in [3.05, 3.63) is 36.0 Å². The van der Waals surface area contributed by atoms with Gasteiger partial charge >= 0.3 is 0 Å². The third-order valence-electron chi connectivity index (χ3n) is 4.75. The minimum Gasteiger partial charge on any atom is -0.367 e. The summed E-state index contributed by atoms with van der Waals surface area (Å²) in [6.45, 7) is 8.09. The number of rotatable bonds is 8. The van der Waals surface area contributed by atoms with Crippen LogP contribution in [0.2, 0.25) is 0 Å². The zero-order valence-corrected chi connectivity index (χ0v) is 16.4. The van der Waals surface area contributed by atoms with Crippen molar-refractivity contribution >= 4 is 39.6 Å². The van der Waals surface area contributed by atoms with Gasteiger partial charge in [-0.3, -0.25) is 14.7 Å². The Labute approximate surface area is 163 Å². The number of hydrogen-bond donors (Lipinski definition) is 3. The zero-order valence-electron chi connectivity index (χ0n) is 16.4. The highest BCUT2D eigenvalue weighted by atomic mass is 16.5. The average Bonchev–Trinajstić information content (AvgIpc) is 3.11. The van der Waals surface area contributed by atoms with Crippen LogP contribution in [-0.2, 0) is 11.8 Å². The molecule has 0 aliphatic rings. The molecule has 2 aromatic heterocycles. The Balaban J connectivity index is 1.95. The molecule has 1 amide bonds. The quantitative estimate of drug-likeness (QED) is 0.315. The van der Waals surface area contributed by atoms with Crippen molar-refractivity contribution in [1.82, 2.24) is 25.1 Å². The molecule has 0 unspecified atom stereocenters. The molecule has 0 fully saturated rings. The number of nitrogens with one attached hydrogen (secondary N) is 2. The van der Waals surface area contributed by atoms with Gasteiger partial charge in [0.2, 0.25) is 0 Å². The number of hydroxylamine groups is 1. The van der Waals surface area contributed by atoms with Crippen molar-refractivity contribution in [2.75, 3.05) is 31.5 Å². The molecule has 3 rings (SSSR count). The van der Waals surface area contributed by atoms with Crippen molar-refractivity contribution in [3.8, 4) is 0 Å². The number of carbonyl (C=O) groups is 1. The molecule has 0 atom stereocenters. The first-order chi connectivity index (χ1) is 13.5. The van der Waals surface area contributed by atoms with E-state index in [2.05, 4.69) is 29.2 Å². The van der Waals surface area contributed by atoms with E-state index in [0.717, 1.165) is 59.4 Å². The van der Waals surface area contributed by atoms with Gasteiger partial charge < -0.3 is 10.2 Å². The molecule has 3 N–H and O–H groups in total. The highest BCUT2D eigenvalue weighted by molar-refractivity contribution is 6.09. The van der Waals surface area contributed by atoms with Crippen molar-refractivity contribution in [1.29, 1.82) is 0 Å². The number of nitrogens with zero attached hydrogens (tertiary/aromatic N) is 4. The molecular formula is C20H26N6O2. The van der Waals surface area contributed by atoms with E-state index in [9.17, 15) is 4.79 Å². The van der Waals surface area contributed by atoms with E-state index in [0.29, 0.717) is 0 Å². The lowest BCUT2D eigenvalue weighted by Crippen LogP contribution is -2.28. The van der Waals surface area contributed by atoms with Crippen LogP contribution in [0, 0.1) is 0 Å². The van der Waals surface area contributed by atoms with Crippen LogP contribution in [-0.4, -0.2) is 57.0 Å². The van der Waals surface area contributed by atoms with Crippen LogP contribution >= 0.6 is 0 Å². The average molecular weight is 382 g/mol. The Bertz CT molecular complexity index is 1010. The molecule has 0 aliphatic carbocycles. The molecule has 28 heavy (non-hydrogen) atoms. The van der Waals surface area contributed by atoms with Crippen LogP contribution in [0.4, 0.5) is 5.82 Å². The monoisotopic (exact) mass is 382 g/mol. The second-order valence-corrected chi connectivity index (χ2v) is 6.57. The van der Waals surface area contributed by atoms with Gasteiger partial charge in [-0.2, -0.15) is 5.10 Å². The molecule has 148 valence electrons. The van der Waals surface area contributed by atoms with Gasteiger partial charge in [-0.05, 0) is 36.9 Å². The van der Waals surface area contributed by atoms with Crippen molar-refractivity contribution in [2.24, 2.45) is 7.05 Å². The van der Waals surface area contributed by atoms with Crippen LogP contribution in [0.1, 0.15) is 19.4 Å². The van der Waals surface area contributed by atoms with Crippen LogP contribution in [0.15, 0.2) is 30.5 Å². The van der Waals surface area contributed by atoms with Gasteiger partial charge in [0.25, 0.3) is 5.91 Å². The SMILES string of the molecule is CCN(CC)CCNc1nc2ccc(/C=C/C(=O)NO)cc2c2cn(C)nc12. The van der Waals surface area contributed by atoms with E-state index in [1.807, 2.05) is 31.4 Å². The molecule has 1 aromatic carbocycles. The van der Waals surface area contributed by atoms with Gasteiger partial charge in [0.1, 0.15) is 5.52 Å². The number of hydrogen-bond acceptors (Lipinski definition) is 6. The molecule has 2 heterocycles. The molecule has 3 aromatic rings. The van der Waals surface area contributed by atoms with Crippen molar-refractivity contribution < 1.29 is 10.0 Å². The molecule has 8 nitrogen and oxygen atoms in total. The van der Waals surface area contributed by atoms with Gasteiger partial charge in [0.05, 0.1) is 5.52 Å².